The van der Waals surface area contributed by atoms with Crippen LogP contribution in [0.15, 0.2) is 45.7 Å². The summed E-state index contributed by atoms with van der Waals surface area (Å²) >= 11 is -0.678. The Kier molecular flexibility index (Phi) is 5.27. The summed E-state index contributed by atoms with van der Waals surface area (Å²) in [5, 5.41) is 1.40. The van der Waals surface area contributed by atoms with Crippen molar-refractivity contribution in [3.63, 3.8) is 0 Å². The number of rotatable bonds is 4. The van der Waals surface area contributed by atoms with Crippen LogP contribution < -0.4 is 4.74 Å². The van der Waals surface area contributed by atoms with Crippen LogP contribution in [-0.2, 0) is 0 Å². The second-order valence-electron chi connectivity index (χ2n) is 5.31. The molecule has 0 spiro atoms. The first-order chi connectivity index (χ1) is 12.4. The van der Waals surface area contributed by atoms with E-state index < -0.39 is 27.4 Å². The van der Waals surface area contributed by atoms with E-state index in [1.807, 2.05) is 12.1 Å². The first kappa shape index (κ1) is 18.4. The zero-order chi connectivity index (χ0) is 18.7. The van der Waals surface area contributed by atoms with Gasteiger partial charge in [0, 0.05) is 9.99 Å². The van der Waals surface area contributed by atoms with Crippen molar-refractivity contribution >= 4 is 26.9 Å². The van der Waals surface area contributed by atoms with Crippen LogP contribution in [0.2, 0.25) is 0 Å². The molecular weight excluding hydrogens is 460 g/mol. The van der Waals surface area contributed by atoms with Crippen molar-refractivity contribution in [3.8, 4) is 29.2 Å². The lowest BCUT2D eigenvalue weighted by molar-refractivity contribution is -0.274. The molecule has 0 aliphatic carbocycles. The van der Waals surface area contributed by atoms with Crippen LogP contribution in [0.4, 0.5) is 13.2 Å². The van der Waals surface area contributed by atoms with E-state index in [-0.39, 0.29) is 11.7 Å². The molecule has 2 aromatic carbocycles. The van der Waals surface area contributed by atoms with E-state index in [1.54, 1.807) is 6.07 Å². The minimum absolute atomic E-state index is 0.208. The Labute approximate surface area is 158 Å². The maximum atomic E-state index is 12.6. The molecule has 0 saturated carbocycles. The highest BCUT2D eigenvalue weighted by Gasteiger charge is 2.31. The number of carbonyl (C=O) groups is 1. The maximum Gasteiger partial charge on any atom is 0.573 e. The average Bonchev–Trinajstić information content (AvgIpc) is 2.60. The van der Waals surface area contributed by atoms with E-state index in [9.17, 15) is 18.0 Å². The molecule has 1 amide bonds. The Morgan fingerprint density at radius 1 is 1.15 bits per heavy atom. The van der Waals surface area contributed by atoms with Crippen LogP contribution in [0.5, 0.6) is 5.75 Å². The smallest absolute Gasteiger partial charge is 0.406 e. The lowest BCUT2D eigenvalue weighted by atomic mass is 10.0. The summed E-state index contributed by atoms with van der Waals surface area (Å²) in [6.45, 7) is 0.377. The van der Waals surface area contributed by atoms with E-state index in [1.165, 1.54) is 29.3 Å². The molecule has 0 atom stereocenters. The first-order valence-electron chi connectivity index (χ1n) is 7.48. The van der Waals surface area contributed by atoms with Gasteiger partial charge in [0.15, 0.2) is 0 Å². The summed E-state index contributed by atoms with van der Waals surface area (Å²) in [5.74, 6) is 1.98. The van der Waals surface area contributed by atoms with E-state index in [2.05, 4.69) is 13.9 Å². The van der Waals surface area contributed by atoms with Gasteiger partial charge in [0.1, 0.15) is 5.75 Å². The van der Waals surface area contributed by atoms with Crippen molar-refractivity contribution in [2.75, 3.05) is 6.54 Å². The topological polar surface area (TPSA) is 41.9 Å². The second-order valence-corrected chi connectivity index (χ2v) is 7.39. The highest BCUT2D eigenvalue weighted by molar-refractivity contribution is 14.2. The third-order valence-corrected chi connectivity index (χ3v) is 5.74. The van der Waals surface area contributed by atoms with Gasteiger partial charge in [-0.2, -0.15) is 0 Å². The highest BCUT2D eigenvalue weighted by atomic mass is 127. The molecule has 0 unspecified atom stereocenters. The number of hydrogen-bond donors (Lipinski definition) is 0. The minimum atomic E-state index is -4.73. The standard InChI is InChI=1S/C18H12F3IN2O2/c1-2-3-10-24-17(25)15-11-13(6-9-16(15)22-23-24)12-4-7-14(8-5-12)26-18(19,20)21/h1,4-9,11H,3,10H2. The molecule has 1 aliphatic heterocycles. The van der Waals surface area contributed by atoms with Crippen molar-refractivity contribution < 1.29 is 22.7 Å². The molecule has 0 bridgehead atoms. The summed E-state index contributed by atoms with van der Waals surface area (Å²) < 4.78 is 45.8. The Balaban J connectivity index is 1.85. The number of hydrogen-bond acceptors (Lipinski definition) is 3. The molecule has 0 fully saturated rings. The van der Waals surface area contributed by atoms with Crippen LogP contribution in [0, 0.1) is 15.9 Å². The molecule has 2 aromatic rings. The number of alkyl halides is 3. The molecule has 0 radical (unpaired) electrons. The SMILES string of the molecule is C#CCCN1N=Ic2ccc(-c3ccc(OC(F)(F)F)cc3)cc2C1=O. The van der Waals surface area contributed by atoms with Gasteiger partial charge in [-0.3, -0.25) is 4.79 Å². The lowest BCUT2D eigenvalue weighted by Crippen LogP contribution is -2.28. The summed E-state index contributed by atoms with van der Waals surface area (Å²) in [6, 6.07) is 10.9. The van der Waals surface area contributed by atoms with Crippen molar-refractivity contribution in [3.05, 3.63) is 51.6 Å². The van der Waals surface area contributed by atoms with Crippen LogP contribution in [-0.4, -0.2) is 23.8 Å². The number of fused-ring (bicyclic) bond motifs is 1. The van der Waals surface area contributed by atoms with Crippen molar-refractivity contribution in [1.29, 1.82) is 0 Å². The van der Waals surface area contributed by atoms with Gasteiger partial charge in [-0.15, -0.1) is 28.8 Å². The number of terminal acetylenes is 1. The monoisotopic (exact) mass is 472 g/mol. The molecule has 3 rings (SSSR count). The quantitative estimate of drug-likeness (QED) is 0.466. The minimum Gasteiger partial charge on any atom is -0.406 e. The lowest BCUT2D eigenvalue weighted by Gasteiger charge is -2.21. The molecule has 134 valence electrons. The van der Waals surface area contributed by atoms with Gasteiger partial charge in [-0.25, -0.2) is 5.01 Å². The number of benzene rings is 2. The molecule has 0 N–H and O–H groups in total. The normalized spacial score (nSPS) is 13.6. The van der Waals surface area contributed by atoms with Gasteiger partial charge in [0.2, 0.25) is 0 Å². The first-order valence-corrected chi connectivity index (χ1v) is 9.52. The Morgan fingerprint density at radius 3 is 2.50 bits per heavy atom. The Bertz CT molecular complexity index is 902. The van der Waals surface area contributed by atoms with Crippen LogP contribution in [0.3, 0.4) is 0 Å². The number of amides is 1. The molecule has 4 nitrogen and oxygen atoms in total. The number of halogens is 4. The molecule has 8 heteroatoms. The van der Waals surface area contributed by atoms with Crippen molar-refractivity contribution in [1.82, 2.24) is 5.01 Å². The summed E-state index contributed by atoms with van der Waals surface area (Å²) in [5.41, 5.74) is 1.99. The predicted octanol–water partition coefficient (Wildman–Crippen LogP) is 4.97. The van der Waals surface area contributed by atoms with Gasteiger partial charge in [0.05, 0.1) is 33.1 Å². The van der Waals surface area contributed by atoms with Gasteiger partial charge in [0.25, 0.3) is 5.91 Å². The summed E-state index contributed by atoms with van der Waals surface area (Å²) in [7, 11) is 0. The molecule has 26 heavy (non-hydrogen) atoms. The van der Waals surface area contributed by atoms with Crippen molar-refractivity contribution in [2.45, 2.75) is 12.8 Å². The van der Waals surface area contributed by atoms with Crippen LogP contribution >= 0.6 is 21.0 Å². The largest absolute Gasteiger partial charge is 0.573 e. The molecule has 0 saturated heterocycles. The molecule has 1 aliphatic rings. The fourth-order valence-electron chi connectivity index (χ4n) is 2.36. The van der Waals surface area contributed by atoms with Gasteiger partial charge in [-0.05, 0) is 35.4 Å². The van der Waals surface area contributed by atoms with Crippen molar-refractivity contribution in [2.24, 2.45) is 3.25 Å². The maximum absolute atomic E-state index is 12.6. The average molecular weight is 472 g/mol. The predicted molar refractivity (Wildman–Crippen MR) is 98.2 cm³/mol. The number of carbonyl (C=O) groups excluding carboxylic acids is 1. The molecule has 1 heterocycles. The van der Waals surface area contributed by atoms with Gasteiger partial charge in [-0.1, -0.05) is 18.2 Å². The van der Waals surface area contributed by atoms with Gasteiger partial charge < -0.3 is 4.74 Å². The molecule has 0 aromatic heterocycles. The highest BCUT2D eigenvalue weighted by Crippen LogP contribution is 2.32. The number of ether oxygens (including phenoxy) is 1. The van der Waals surface area contributed by atoms with Crippen LogP contribution in [0.1, 0.15) is 16.8 Å². The Hall–Kier alpha value is -2.41. The number of nitrogens with zero attached hydrogens (tertiary/aromatic N) is 2. The fourth-order valence-corrected chi connectivity index (χ4v) is 4.25. The van der Waals surface area contributed by atoms with E-state index in [4.69, 9.17) is 6.42 Å². The van der Waals surface area contributed by atoms with Gasteiger partial charge >= 0.3 is 6.36 Å². The van der Waals surface area contributed by atoms with E-state index in [0.29, 0.717) is 24.1 Å². The van der Waals surface area contributed by atoms with E-state index >= 15 is 0 Å². The van der Waals surface area contributed by atoms with Crippen LogP contribution in [0.25, 0.3) is 11.1 Å². The molecular formula is C18H12F3IN2O2. The fraction of sp³-hybridized carbons (Fsp3) is 0.167. The zero-order valence-electron chi connectivity index (χ0n) is 13.3. The Morgan fingerprint density at radius 2 is 1.85 bits per heavy atom. The second kappa shape index (κ2) is 7.45. The third-order valence-electron chi connectivity index (χ3n) is 3.54. The van der Waals surface area contributed by atoms with E-state index in [0.717, 1.165) is 9.13 Å². The summed E-state index contributed by atoms with van der Waals surface area (Å²) in [6.07, 6.45) is 0.933. The zero-order valence-corrected chi connectivity index (χ0v) is 15.4. The third kappa shape index (κ3) is 4.22. The summed E-state index contributed by atoms with van der Waals surface area (Å²) in [4.78, 5) is 12.6.